The molecule has 1 aliphatic carbocycles. The predicted molar refractivity (Wildman–Crippen MR) is 70.1 cm³/mol. The number of nitrogen functional groups attached to an aromatic ring is 1. The summed E-state index contributed by atoms with van der Waals surface area (Å²) in [5, 5.41) is 0. The Labute approximate surface area is 111 Å². The molecule has 0 radical (unpaired) electrons. The van der Waals surface area contributed by atoms with Gasteiger partial charge in [0.25, 0.3) is 0 Å². The van der Waals surface area contributed by atoms with E-state index in [9.17, 15) is 9.59 Å². The molecule has 0 saturated carbocycles. The zero-order valence-electron chi connectivity index (χ0n) is 9.29. The summed E-state index contributed by atoms with van der Waals surface area (Å²) in [4.78, 5) is 24.4. The Bertz CT molecular complexity index is 483. The van der Waals surface area contributed by atoms with Gasteiger partial charge in [-0.25, -0.2) is 4.79 Å². The van der Waals surface area contributed by atoms with Crippen LogP contribution in [-0.4, -0.2) is 23.2 Å². The molecule has 1 heterocycles. The van der Waals surface area contributed by atoms with Crippen molar-refractivity contribution in [1.29, 1.82) is 0 Å². The normalized spacial score (nSPS) is 18.9. The summed E-state index contributed by atoms with van der Waals surface area (Å²) in [6.07, 6.45) is 1.44. The lowest BCUT2D eigenvalue weighted by atomic mass is 9.96. The van der Waals surface area contributed by atoms with Crippen LogP contribution >= 0.6 is 27.3 Å². The summed E-state index contributed by atoms with van der Waals surface area (Å²) in [6, 6.07) is 0. The number of carbonyl (C=O) groups excluding carboxylic acids is 2. The van der Waals surface area contributed by atoms with Crippen molar-refractivity contribution in [1.82, 2.24) is 0 Å². The minimum atomic E-state index is -0.441. The molecule has 0 spiro atoms. The first-order valence-electron chi connectivity index (χ1n) is 5.32. The number of carbonyl (C=O) groups is 2. The smallest absolute Gasteiger partial charge is 0.350 e. The molecule has 1 atom stereocenters. The number of nitrogens with two attached hydrogens (primary N) is 1. The first kappa shape index (κ1) is 12.6. The monoisotopic (exact) mass is 317 g/mol. The molecule has 1 aromatic heterocycles. The van der Waals surface area contributed by atoms with E-state index >= 15 is 0 Å². The van der Waals surface area contributed by atoms with E-state index in [4.69, 9.17) is 10.5 Å². The predicted octanol–water partition coefficient (Wildman–Crippen LogP) is 2.40. The maximum atomic E-state index is 11.9. The first-order chi connectivity index (χ1) is 8.06. The van der Waals surface area contributed by atoms with Crippen LogP contribution in [0, 0.1) is 0 Å². The molecular weight excluding hydrogens is 306 g/mol. The van der Waals surface area contributed by atoms with Crippen LogP contribution in [0.2, 0.25) is 0 Å². The summed E-state index contributed by atoms with van der Waals surface area (Å²) in [5.74, 6) is -0.429. The fourth-order valence-corrected chi connectivity index (χ4v) is 3.58. The highest BCUT2D eigenvalue weighted by molar-refractivity contribution is 9.10. The minimum absolute atomic E-state index is 0.0125. The minimum Gasteiger partial charge on any atom is -0.462 e. The van der Waals surface area contributed by atoms with Crippen LogP contribution in [0.4, 0.5) is 5.69 Å². The molecule has 6 heteroatoms. The van der Waals surface area contributed by atoms with Crippen LogP contribution in [0.1, 0.15) is 38.3 Å². The van der Waals surface area contributed by atoms with E-state index < -0.39 is 5.97 Å². The second-order valence-electron chi connectivity index (χ2n) is 3.74. The lowest BCUT2D eigenvalue weighted by Gasteiger charge is -2.15. The number of hydrogen-bond donors (Lipinski definition) is 1. The lowest BCUT2D eigenvalue weighted by Crippen LogP contribution is -2.20. The fourth-order valence-electron chi connectivity index (χ4n) is 1.82. The van der Waals surface area contributed by atoms with Crippen molar-refractivity contribution in [2.24, 2.45) is 0 Å². The van der Waals surface area contributed by atoms with E-state index in [1.54, 1.807) is 6.92 Å². The van der Waals surface area contributed by atoms with E-state index in [1.807, 2.05) is 0 Å². The maximum Gasteiger partial charge on any atom is 0.350 e. The largest absolute Gasteiger partial charge is 0.462 e. The van der Waals surface area contributed by atoms with Crippen LogP contribution in [0.15, 0.2) is 0 Å². The van der Waals surface area contributed by atoms with Gasteiger partial charge in [-0.3, -0.25) is 4.79 Å². The van der Waals surface area contributed by atoms with E-state index in [2.05, 4.69) is 15.9 Å². The molecule has 4 nitrogen and oxygen atoms in total. The molecule has 92 valence electrons. The van der Waals surface area contributed by atoms with E-state index in [1.165, 1.54) is 0 Å². The first-order valence-corrected chi connectivity index (χ1v) is 7.06. The highest BCUT2D eigenvalue weighted by Gasteiger charge is 2.32. The number of thiophene rings is 1. The van der Waals surface area contributed by atoms with Crippen LogP contribution in [0.3, 0.4) is 0 Å². The molecule has 17 heavy (non-hydrogen) atoms. The number of esters is 1. The molecular formula is C11H12BrNO3S. The van der Waals surface area contributed by atoms with Crippen LogP contribution < -0.4 is 5.73 Å². The second-order valence-corrected chi connectivity index (χ2v) is 5.87. The van der Waals surface area contributed by atoms with Crippen molar-refractivity contribution in [3.8, 4) is 0 Å². The molecule has 1 unspecified atom stereocenters. The Kier molecular flexibility index (Phi) is 3.53. The van der Waals surface area contributed by atoms with Gasteiger partial charge >= 0.3 is 5.97 Å². The van der Waals surface area contributed by atoms with Gasteiger partial charge in [0.1, 0.15) is 4.88 Å². The van der Waals surface area contributed by atoms with Gasteiger partial charge < -0.3 is 10.5 Å². The molecule has 0 aliphatic heterocycles. The molecule has 0 fully saturated rings. The van der Waals surface area contributed by atoms with Gasteiger partial charge in [0.15, 0.2) is 5.78 Å². The van der Waals surface area contributed by atoms with E-state index in [0.717, 1.165) is 29.7 Å². The van der Waals surface area contributed by atoms with Gasteiger partial charge in [-0.05, 0) is 25.3 Å². The fraction of sp³-hybridized carbons (Fsp3) is 0.455. The van der Waals surface area contributed by atoms with Gasteiger partial charge in [0.2, 0.25) is 0 Å². The van der Waals surface area contributed by atoms with Crippen molar-refractivity contribution < 1.29 is 14.3 Å². The van der Waals surface area contributed by atoms with Crippen molar-refractivity contribution in [2.75, 3.05) is 12.3 Å². The lowest BCUT2D eigenvalue weighted by molar-refractivity contribution is 0.0533. The number of rotatable bonds is 2. The van der Waals surface area contributed by atoms with E-state index in [-0.39, 0.29) is 10.6 Å². The van der Waals surface area contributed by atoms with Crippen LogP contribution in [-0.2, 0) is 11.2 Å². The number of alkyl halides is 1. The third-order valence-electron chi connectivity index (χ3n) is 2.66. The van der Waals surface area contributed by atoms with Gasteiger partial charge in [0.05, 0.1) is 22.0 Å². The zero-order chi connectivity index (χ0) is 12.6. The number of halogens is 1. The molecule has 1 aromatic rings. The highest BCUT2D eigenvalue weighted by Crippen LogP contribution is 2.38. The molecule has 2 rings (SSSR count). The number of fused-ring (bicyclic) bond motifs is 1. The van der Waals surface area contributed by atoms with Gasteiger partial charge in [-0.1, -0.05) is 15.9 Å². The third kappa shape index (κ3) is 2.11. The molecule has 2 N–H and O–H groups in total. The number of ketones is 1. The van der Waals surface area contributed by atoms with E-state index in [0.29, 0.717) is 22.0 Å². The molecule has 1 aliphatic rings. The third-order valence-corrected chi connectivity index (χ3v) is 4.78. The van der Waals surface area contributed by atoms with Crippen molar-refractivity contribution in [3.05, 3.63) is 15.3 Å². The highest BCUT2D eigenvalue weighted by atomic mass is 79.9. The SMILES string of the molecule is CCOC(=O)c1sc2c(c1N)CCC(Br)C2=O. The number of hydrogen-bond acceptors (Lipinski definition) is 5. The van der Waals surface area contributed by atoms with Crippen LogP contribution in [0.25, 0.3) is 0 Å². The Morgan fingerprint density at radius 2 is 2.35 bits per heavy atom. The average Bonchev–Trinajstić information content (AvgIpc) is 2.63. The summed E-state index contributed by atoms with van der Waals surface area (Å²) < 4.78 is 4.92. The zero-order valence-corrected chi connectivity index (χ0v) is 11.7. The molecule has 0 aromatic carbocycles. The van der Waals surface area contributed by atoms with Crippen molar-refractivity contribution in [3.63, 3.8) is 0 Å². The number of Topliss-reactive ketones (excluding diaryl/α,β-unsaturated/α-hetero) is 1. The average molecular weight is 318 g/mol. The topological polar surface area (TPSA) is 69.4 Å². The summed E-state index contributed by atoms with van der Waals surface area (Å²) in [5.41, 5.74) is 7.12. The molecule has 0 amide bonds. The van der Waals surface area contributed by atoms with Gasteiger partial charge in [-0.15, -0.1) is 11.3 Å². The Hall–Kier alpha value is -0.880. The number of anilines is 1. The maximum absolute atomic E-state index is 11.9. The summed E-state index contributed by atoms with van der Waals surface area (Å²) >= 11 is 4.47. The molecule has 0 saturated heterocycles. The quantitative estimate of drug-likeness (QED) is 0.671. The Morgan fingerprint density at radius 3 is 3.00 bits per heavy atom. The Balaban J connectivity index is 2.42. The number of ether oxygens (including phenoxy) is 1. The summed E-state index contributed by atoms with van der Waals surface area (Å²) in [7, 11) is 0. The van der Waals surface area contributed by atoms with Gasteiger partial charge in [-0.2, -0.15) is 0 Å². The van der Waals surface area contributed by atoms with Crippen molar-refractivity contribution >= 4 is 44.7 Å². The summed E-state index contributed by atoms with van der Waals surface area (Å²) in [6.45, 7) is 2.04. The Morgan fingerprint density at radius 1 is 1.65 bits per heavy atom. The molecule has 0 bridgehead atoms. The van der Waals surface area contributed by atoms with Gasteiger partial charge in [0, 0.05) is 0 Å². The van der Waals surface area contributed by atoms with Crippen molar-refractivity contribution in [2.45, 2.75) is 24.6 Å². The second kappa shape index (κ2) is 4.78. The van der Waals surface area contributed by atoms with Crippen LogP contribution in [0.5, 0.6) is 0 Å². The standard InChI is InChI=1S/C11H12BrNO3S/c1-2-16-11(15)10-7(13)5-3-4-6(12)8(14)9(5)17-10/h6H,2-4,13H2,1H3.